The van der Waals surface area contributed by atoms with Gasteiger partial charge in [0, 0.05) is 31.7 Å². The van der Waals surface area contributed by atoms with Gasteiger partial charge in [-0.2, -0.15) is 0 Å². The summed E-state index contributed by atoms with van der Waals surface area (Å²) >= 11 is 0. The highest BCUT2D eigenvalue weighted by Crippen LogP contribution is 2.33. The molecule has 2 aromatic carbocycles. The van der Waals surface area contributed by atoms with Crippen LogP contribution < -0.4 is 10.1 Å². The summed E-state index contributed by atoms with van der Waals surface area (Å²) < 4.78 is 11.2. The standard InChI is InChI=1S/C27H33N3O3/c1-19(2)33-23-7-5-21(6-8-23)22-17-25(24-16-20(3)4-9-26(24)31)29-27(18-22)28-10-11-30-12-14-32-15-13-30/h4-9,16-19,31H,10-15H2,1-3H3,(H,28,29). The van der Waals surface area contributed by atoms with Crippen molar-refractivity contribution in [2.45, 2.75) is 26.9 Å². The number of nitrogens with zero attached hydrogens (tertiary/aromatic N) is 2. The lowest BCUT2D eigenvalue weighted by Gasteiger charge is -2.26. The van der Waals surface area contributed by atoms with Crippen molar-refractivity contribution in [3.63, 3.8) is 0 Å². The number of hydrogen-bond donors (Lipinski definition) is 2. The highest BCUT2D eigenvalue weighted by Gasteiger charge is 2.13. The van der Waals surface area contributed by atoms with Crippen molar-refractivity contribution < 1.29 is 14.6 Å². The van der Waals surface area contributed by atoms with E-state index in [1.54, 1.807) is 6.07 Å². The molecule has 1 aliphatic heterocycles. The second kappa shape index (κ2) is 10.7. The zero-order valence-electron chi connectivity index (χ0n) is 19.7. The maximum absolute atomic E-state index is 10.5. The fourth-order valence-electron chi connectivity index (χ4n) is 3.95. The van der Waals surface area contributed by atoms with Crippen LogP contribution >= 0.6 is 0 Å². The van der Waals surface area contributed by atoms with Crippen LogP contribution in [0.5, 0.6) is 11.5 Å². The number of aryl methyl sites for hydroxylation is 1. The van der Waals surface area contributed by atoms with Gasteiger partial charge in [0.25, 0.3) is 0 Å². The van der Waals surface area contributed by atoms with Crippen LogP contribution in [0.15, 0.2) is 54.6 Å². The molecular formula is C27H33N3O3. The molecule has 33 heavy (non-hydrogen) atoms. The molecular weight excluding hydrogens is 414 g/mol. The summed E-state index contributed by atoms with van der Waals surface area (Å²) in [6.07, 6.45) is 0.134. The lowest BCUT2D eigenvalue weighted by Crippen LogP contribution is -2.39. The minimum atomic E-state index is 0.134. The molecule has 1 aromatic heterocycles. The van der Waals surface area contributed by atoms with Crippen LogP contribution in [0.25, 0.3) is 22.4 Å². The first-order chi connectivity index (χ1) is 16.0. The number of ether oxygens (including phenoxy) is 2. The Morgan fingerprint density at radius 3 is 2.52 bits per heavy atom. The molecule has 0 radical (unpaired) electrons. The Labute approximate surface area is 196 Å². The van der Waals surface area contributed by atoms with Crippen molar-refractivity contribution in [1.29, 1.82) is 0 Å². The molecule has 1 fully saturated rings. The zero-order valence-corrected chi connectivity index (χ0v) is 19.7. The van der Waals surface area contributed by atoms with Crippen LogP contribution in [0.3, 0.4) is 0 Å². The largest absolute Gasteiger partial charge is 0.507 e. The van der Waals surface area contributed by atoms with Crippen LogP contribution in [-0.2, 0) is 4.74 Å². The molecule has 6 nitrogen and oxygen atoms in total. The summed E-state index contributed by atoms with van der Waals surface area (Å²) in [5, 5.41) is 14.0. The summed E-state index contributed by atoms with van der Waals surface area (Å²) in [5.41, 5.74) is 4.65. The molecule has 0 saturated carbocycles. The van der Waals surface area contributed by atoms with Gasteiger partial charge in [-0.3, -0.25) is 4.90 Å². The van der Waals surface area contributed by atoms with E-state index in [9.17, 15) is 5.11 Å². The second-order valence-corrected chi connectivity index (χ2v) is 8.72. The Morgan fingerprint density at radius 1 is 1.03 bits per heavy atom. The second-order valence-electron chi connectivity index (χ2n) is 8.72. The Kier molecular flexibility index (Phi) is 7.47. The molecule has 174 valence electrons. The van der Waals surface area contributed by atoms with Gasteiger partial charge in [0.1, 0.15) is 17.3 Å². The molecule has 0 bridgehead atoms. The number of anilines is 1. The normalized spacial score (nSPS) is 14.4. The van der Waals surface area contributed by atoms with E-state index in [0.717, 1.165) is 78.9 Å². The number of rotatable bonds is 8. The van der Waals surface area contributed by atoms with Crippen LogP contribution in [-0.4, -0.2) is 60.5 Å². The predicted molar refractivity (Wildman–Crippen MR) is 133 cm³/mol. The maximum atomic E-state index is 10.5. The van der Waals surface area contributed by atoms with Crippen LogP contribution in [0.1, 0.15) is 19.4 Å². The van der Waals surface area contributed by atoms with Crippen LogP contribution in [0.4, 0.5) is 5.82 Å². The predicted octanol–water partition coefficient (Wildman–Crippen LogP) is 4.96. The van der Waals surface area contributed by atoms with E-state index in [1.165, 1.54) is 0 Å². The summed E-state index contributed by atoms with van der Waals surface area (Å²) in [6.45, 7) is 11.3. The Hall–Kier alpha value is -3.09. The lowest BCUT2D eigenvalue weighted by atomic mass is 10.0. The van der Waals surface area contributed by atoms with Crippen molar-refractivity contribution in [3.8, 4) is 33.9 Å². The summed E-state index contributed by atoms with van der Waals surface area (Å²) in [6, 6.07) is 17.8. The molecule has 0 amide bonds. The first-order valence-corrected chi connectivity index (χ1v) is 11.6. The third-order valence-corrected chi connectivity index (χ3v) is 5.65. The first kappa shape index (κ1) is 23.1. The van der Waals surface area contributed by atoms with E-state index in [4.69, 9.17) is 14.5 Å². The van der Waals surface area contributed by atoms with Gasteiger partial charge in [-0.25, -0.2) is 4.98 Å². The number of phenolic OH excluding ortho intramolecular Hbond substituents is 1. The smallest absolute Gasteiger partial charge is 0.127 e. The monoisotopic (exact) mass is 447 g/mol. The van der Waals surface area contributed by atoms with E-state index in [-0.39, 0.29) is 11.9 Å². The summed E-state index contributed by atoms with van der Waals surface area (Å²) in [7, 11) is 0. The zero-order chi connectivity index (χ0) is 23.2. The SMILES string of the molecule is Cc1ccc(O)c(-c2cc(-c3ccc(OC(C)C)cc3)cc(NCCN3CCOCC3)n2)c1. The molecule has 1 saturated heterocycles. The number of aromatic nitrogens is 1. The van der Waals surface area contributed by atoms with Gasteiger partial charge in [-0.05, 0) is 68.3 Å². The quantitative estimate of drug-likeness (QED) is 0.509. The number of phenols is 1. The van der Waals surface area contributed by atoms with Crippen molar-refractivity contribution in [1.82, 2.24) is 9.88 Å². The number of hydrogen-bond acceptors (Lipinski definition) is 6. The third-order valence-electron chi connectivity index (χ3n) is 5.65. The number of nitrogens with one attached hydrogen (secondary N) is 1. The minimum absolute atomic E-state index is 0.134. The van der Waals surface area contributed by atoms with Gasteiger partial charge in [0.15, 0.2) is 0 Å². The highest BCUT2D eigenvalue weighted by atomic mass is 16.5. The molecule has 4 rings (SSSR count). The molecule has 2 heterocycles. The van der Waals surface area contributed by atoms with Crippen molar-refractivity contribution >= 4 is 5.82 Å². The van der Waals surface area contributed by atoms with Gasteiger partial charge in [0.2, 0.25) is 0 Å². The molecule has 2 N–H and O–H groups in total. The van der Waals surface area contributed by atoms with Gasteiger partial charge >= 0.3 is 0 Å². The Bertz CT molecular complexity index is 1060. The average molecular weight is 448 g/mol. The maximum Gasteiger partial charge on any atom is 0.127 e. The van der Waals surface area contributed by atoms with E-state index in [0.29, 0.717) is 0 Å². The van der Waals surface area contributed by atoms with Crippen molar-refractivity contribution in [2.24, 2.45) is 0 Å². The van der Waals surface area contributed by atoms with Gasteiger partial charge in [-0.15, -0.1) is 0 Å². The van der Waals surface area contributed by atoms with Crippen molar-refractivity contribution in [2.75, 3.05) is 44.7 Å². The topological polar surface area (TPSA) is 66.9 Å². The van der Waals surface area contributed by atoms with E-state index < -0.39 is 0 Å². The number of aromatic hydroxyl groups is 1. The third kappa shape index (κ3) is 6.24. The fraction of sp³-hybridized carbons (Fsp3) is 0.370. The molecule has 0 aliphatic carbocycles. The average Bonchev–Trinajstić information content (AvgIpc) is 2.81. The van der Waals surface area contributed by atoms with Gasteiger partial charge < -0.3 is 19.9 Å². The van der Waals surface area contributed by atoms with Crippen molar-refractivity contribution in [3.05, 3.63) is 60.2 Å². The van der Waals surface area contributed by atoms with E-state index >= 15 is 0 Å². The number of morpholine rings is 1. The molecule has 1 aliphatic rings. The first-order valence-electron chi connectivity index (χ1n) is 11.6. The Morgan fingerprint density at radius 2 is 1.79 bits per heavy atom. The van der Waals surface area contributed by atoms with E-state index in [2.05, 4.69) is 28.4 Å². The minimum Gasteiger partial charge on any atom is -0.507 e. The van der Waals surface area contributed by atoms with Crippen LogP contribution in [0, 0.1) is 6.92 Å². The van der Waals surface area contributed by atoms with Gasteiger partial charge in [-0.1, -0.05) is 23.8 Å². The summed E-state index contributed by atoms with van der Waals surface area (Å²) in [4.78, 5) is 7.22. The van der Waals surface area contributed by atoms with Crippen LogP contribution in [0.2, 0.25) is 0 Å². The summed E-state index contributed by atoms with van der Waals surface area (Å²) in [5.74, 6) is 1.87. The molecule has 0 spiro atoms. The molecule has 6 heteroatoms. The Balaban J connectivity index is 1.61. The highest BCUT2D eigenvalue weighted by molar-refractivity contribution is 5.76. The lowest BCUT2D eigenvalue weighted by molar-refractivity contribution is 0.0398. The fourth-order valence-corrected chi connectivity index (χ4v) is 3.95. The molecule has 0 atom stereocenters. The molecule has 3 aromatic rings. The number of pyridine rings is 1. The number of benzene rings is 2. The van der Waals surface area contributed by atoms with E-state index in [1.807, 2.05) is 51.1 Å². The molecule has 0 unspecified atom stereocenters. The van der Waals surface area contributed by atoms with Gasteiger partial charge in [0.05, 0.1) is 25.0 Å².